The molecule has 2 N–H and O–H groups in total. The normalized spacial score (nSPS) is 13.4. The maximum absolute atomic E-state index is 13.9. The molecule has 36 heavy (non-hydrogen) atoms. The van der Waals surface area contributed by atoms with E-state index >= 15 is 0 Å². The van der Waals surface area contributed by atoms with Crippen molar-refractivity contribution in [3.05, 3.63) is 34.6 Å². The molecule has 0 fully saturated rings. The molecule has 12 heteroatoms. The number of pyridine rings is 1. The van der Waals surface area contributed by atoms with Crippen LogP contribution in [0.1, 0.15) is 60.8 Å². The summed E-state index contributed by atoms with van der Waals surface area (Å²) in [6.45, 7) is 10.1. The summed E-state index contributed by atoms with van der Waals surface area (Å²) in [6, 6.07) is 2.51. The number of sulfonamides is 1. The molecule has 0 aliphatic heterocycles. The quantitative estimate of drug-likeness (QED) is 0.261. The van der Waals surface area contributed by atoms with E-state index in [9.17, 15) is 18.0 Å². The first-order valence-electron chi connectivity index (χ1n) is 11.4. The lowest BCUT2D eigenvalue weighted by molar-refractivity contribution is -0.159. The minimum atomic E-state index is -4.63. The van der Waals surface area contributed by atoms with Gasteiger partial charge in [-0.25, -0.2) is 23.0 Å². The Morgan fingerprint density at radius 3 is 2.19 bits per heavy atom. The van der Waals surface area contributed by atoms with Crippen molar-refractivity contribution < 1.29 is 27.5 Å². The number of hydrogen-bond acceptors (Lipinski definition) is 8. The highest BCUT2D eigenvalue weighted by atomic mass is 35.5. The minimum absolute atomic E-state index is 0.00763. The SMILES string of the molecule is CC(C)(C)OC(=O)[C@H](CCCCN)N(C(=O)OC(C)(C)C)S(=O)(=O)c1ccc2c(Cl)cnc(Cl)c2c1. The molecule has 1 aromatic carbocycles. The summed E-state index contributed by atoms with van der Waals surface area (Å²) in [4.78, 5) is 30.2. The highest BCUT2D eigenvalue weighted by Crippen LogP contribution is 2.32. The van der Waals surface area contributed by atoms with Gasteiger partial charge < -0.3 is 15.2 Å². The van der Waals surface area contributed by atoms with Gasteiger partial charge in [0.15, 0.2) is 0 Å². The molecule has 1 heterocycles. The van der Waals surface area contributed by atoms with Crippen LogP contribution >= 0.6 is 23.2 Å². The highest BCUT2D eigenvalue weighted by molar-refractivity contribution is 7.89. The second-order valence-corrected chi connectivity index (χ2v) is 12.8. The Labute approximate surface area is 222 Å². The third-order valence-electron chi connectivity index (χ3n) is 4.79. The van der Waals surface area contributed by atoms with E-state index in [2.05, 4.69) is 4.98 Å². The molecule has 0 saturated heterocycles. The van der Waals surface area contributed by atoms with Crippen LogP contribution in [0.3, 0.4) is 0 Å². The molecule has 0 aliphatic carbocycles. The largest absolute Gasteiger partial charge is 0.458 e. The Morgan fingerprint density at radius 2 is 1.64 bits per heavy atom. The van der Waals surface area contributed by atoms with Crippen LogP contribution in [-0.4, -0.2) is 53.6 Å². The van der Waals surface area contributed by atoms with Crippen molar-refractivity contribution in [1.82, 2.24) is 9.29 Å². The van der Waals surface area contributed by atoms with Crippen LogP contribution in [0.5, 0.6) is 0 Å². The van der Waals surface area contributed by atoms with E-state index in [1.165, 1.54) is 24.4 Å². The van der Waals surface area contributed by atoms with E-state index < -0.39 is 39.3 Å². The van der Waals surface area contributed by atoms with Crippen LogP contribution in [0.25, 0.3) is 10.8 Å². The molecular weight excluding hydrogens is 529 g/mol. The summed E-state index contributed by atoms with van der Waals surface area (Å²) in [7, 11) is -4.63. The lowest BCUT2D eigenvalue weighted by Gasteiger charge is -2.33. The first-order valence-corrected chi connectivity index (χ1v) is 13.6. The molecule has 200 valence electrons. The first kappa shape index (κ1) is 30.1. The molecule has 9 nitrogen and oxygen atoms in total. The van der Waals surface area contributed by atoms with Gasteiger partial charge >= 0.3 is 12.1 Å². The van der Waals surface area contributed by atoms with Gasteiger partial charge in [-0.15, -0.1) is 0 Å². The second-order valence-electron chi connectivity index (χ2n) is 10.2. The monoisotopic (exact) mass is 561 g/mol. The van der Waals surface area contributed by atoms with Crippen LogP contribution in [0.2, 0.25) is 10.2 Å². The zero-order valence-electron chi connectivity index (χ0n) is 21.3. The Bertz CT molecular complexity index is 1220. The molecular formula is C24H33Cl2N3O6S. The zero-order valence-corrected chi connectivity index (χ0v) is 23.6. The van der Waals surface area contributed by atoms with E-state index in [0.29, 0.717) is 29.1 Å². The lowest BCUT2D eigenvalue weighted by atomic mass is 10.1. The molecule has 0 saturated carbocycles. The van der Waals surface area contributed by atoms with Crippen LogP contribution in [0.4, 0.5) is 4.79 Å². The zero-order chi connectivity index (χ0) is 27.5. The Kier molecular flexibility index (Phi) is 9.61. The fourth-order valence-electron chi connectivity index (χ4n) is 3.31. The van der Waals surface area contributed by atoms with Gasteiger partial charge in [0.25, 0.3) is 10.0 Å². The number of benzene rings is 1. The summed E-state index contributed by atoms with van der Waals surface area (Å²) in [5, 5.41) is 1.05. The van der Waals surface area contributed by atoms with Crippen molar-refractivity contribution in [2.75, 3.05) is 6.54 Å². The third-order valence-corrected chi connectivity index (χ3v) is 7.16. The van der Waals surface area contributed by atoms with Gasteiger partial charge in [0.2, 0.25) is 0 Å². The van der Waals surface area contributed by atoms with Crippen molar-refractivity contribution in [2.45, 2.75) is 82.9 Å². The predicted molar refractivity (Wildman–Crippen MR) is 140 cm³/mol. The summed E-state index contributed by atoms with van der Waals surface area (Å²) in [5.74, 6) is -0.877. The lowest BCUT2D eigenvalue weighted by Crippen LogP contribution is -2.51. The smallest absolute Gasteiger partial charge is 0.425 e. The van der Waals surface area contributed by atoms with Crippen molar-refractivity contribution in [3.8, 4) is 0 Å². The Balaban J connectivity index is 2.71. The van der Waals surface area contributed by atoms with Crippen molar-refractivity contribution in [3.63, 3.8) is 0 Å². The van der Waals surface area contributed by atoms with Gasteiger partial charge in [-0.3, -0.25) is 0 Å². The highest BCUT2D eigenvalue weighted by Gasteiger charge is 2.43. The number of rotatable bonds is 8. The number of esters is 1. The molecule has 0 unspecified atom stereocenters. The maximum Gasteiger partial charge on any atom is 0.425 e. The molecule has 2 aromatic rings. The number of hydrogen-bond donors (Lipinski definition) is 1. The van der Waals surface area contributed by atoms with Gasteiger partial charge in [0.1, 0.15) is 22.4 Å². The summed E-state index contributed by atoms with van der Waals surface area (Å²) < 4.78 is 39.3. The average Bonchev–Trinajstić information content (AvgIpc) is 2.72. The number of nitrogens with zero attached hydrogens (tertiary/aromatic N) is 2. The van der Waals surface area contributed by atoms with Gasteiger partial charge in [-0.2, -0.15) is 4.31 Å². The van der Waals surface area contributed by atoms with Crippen molar-refractivity contribution in [2.24, 2.45) is 5.73 Å². The first-order chi connectivity index (χ1) is 16.5. The number of aromatic nitrogens is 1. The van der Waals surface area contributed by atoms with E-state index in [1.54, 1.807) is 41.5 Å². The van der Waals surface area contributed by atoms with Crippen LogP contribution < -0.4 is 5.73 Å². The molecule has 0 spiro atoms. The van der Waals surface area contributed by atoms with Crippen molar-refractivity contribution >= 4 is 56.1 Å². The van der Waals surface area contributed by atoms with Gasteiger partial charge in [-0.05, 0) is 79.5 Å². The van der Waals surface area contributed by atoms with E-state index in [4.69, 9.17) is 38.4 Å². The fraction of sp³-hybridized carbons (Fsp3) is 0.542. The molecule has 1 amide bonds. The molecule has 1 aromatic heterocycles. The Morgan fingerprint density at radius 1 is 1.03 bits per heavy atom. The number of unbranched alkanes of at least 4 members (excludes halogenated alkanes) is 1. The van der Waals surface area contributed by atoms with Gasteiger partial charge in [-0.1, -0.05) is 29.3 Å². The fourth-order valence-corrected chi connectivity index (χ4v) is 5.22. The topological polar surface area (TPSA) is 129 Å². The Hall–Kier alpha value is -2.14. The standard InChI is InChI=1S/C24H33Cl2N3O6S/c1-23(2,3)34-21(30)19(9-7-8-12-27)29(22(31)35-24(4,5)6)36(32,33)15-10-11-16-17(13-15)20(26)28-14-18(16)25/h10-11,13-14,19H,7-9,12,27H2,1-6H3/t19-/m0/s1. The summed E-state index contributed by atoms with van der Waals surface area (Å²) in [6.07, 6.45) is 1.02. The molecule has 0 bridgehead atoms. The number of amides is 1. The molecule has 0 radical (unpaired) electrons. The number of halogens is 2. The number of carbonyl (C=O) groups is 2. The van der Waals surface area contributed by atoms with Crippen molar-refractivity contribution in [1.29, 1.82) is 0 Å². The minimum Gasteiger partial charge on any atom is -0.458 e. The van der Waals surface area contributed by atoms with E-state index in [-0.39, 0.29) is 26.9 Å². The maximum atomic E-state index is 13.9. The van der Waals surface area contributed by atoms with E-state index in [0.717, 1.165) is 0 Å². The number of nitrogens with two attached hydrogens (primary N) is 1. The predicted octanol–water partition coefficient (Wildman–Crippen LogP) is 5.31. The van der Waals surface area contributed by atoms with Crippen LogP contribution in [-0.2, 0) is 24.3 Å². The second kappa shape index (κ2) is 11.5. The number of fused-ring (bicyclic) bond motifs is 1. The van der Waals surface area contributed by atoms with Gasteiger partial charge in [0, 0.05) is 17.0 Å². The van der Waals surface area contributed by atoms with E-state index in [1.807, 2.05) is 0 Å². The summed E-state index contributed by atoms with van der Waals surface area (Å²) in [5.41, 5.74) is 3.64. The summed E-state index contributed by atoms with van der Waals surface area (Å²) >= 11 is 12.4. The third kappa shape index (κ3) is 7.68. The average molecular weight is 563 g/mol. The molecule has 1 atom stereocenters. The number of ether oxygens (including phenoxy) is 2. The van der Waals surface area contributed by atoms with Crippen LogP contribution in [0.15, 0.2) is 29.3 Å². The molecule has 0 aliphatic rings. The van der Waals surface area contributed by atoms with Crippen LogP contribution in [0, 0.1) is 0 Å². The number of carbonyl (C=O) groups excluding carboxylic acids is 2. The van der Waals surface area contributed by atoms with Gasteiger partial charge in [0.05, 0.1) is 9.92 Å². The molecule has 2 rings (SSSR count).